The maximum Gasteiger partial charge on any atom is 0.353 e. The SMILES string of the molecule is CNc1ncnc(NC(C)Cc2ccc(C)s2)c1[N+](=O)[O-]. The van der Waals surface area contributed by atoms with E-state index in [0.29, 0.717) is 0 Å². The lowest BCUT2D eigenvalue weighted by atomic mass is 10.2. The van der Waals surface area contributed by atoms with Crippen LogP contribution in [0.15, 0.2) is 18.5 Å². The molecule has 0 aliphatic carbocycles. The minimum atomic E-state index is -0.476. The summed E-state index contributed by atoms with van der Waals surface area (Å²) < 4.78 is 0. The van der Waals surface area contributed by atoms with E-state index in [0.717, 1.165) is 6.42 Å². The van der Waals surface area contributed by atoms with Gasteiger partial charge in [0, 0.05) is 29.3 Å². The zero-order valence-electron chi connectivity index (χ0n) is 12.1. The quantitative estimate of drug-likeness (QED) is 0.629. The number of aryl methyl sites for hydroxylation is 1. The van der Waals surface area contributed by atoms with Gasteiger partial charge in [0.15, 0.2) is 0 Å². The Balaban J connectivity index is 2.17. The van der Waals surface area contributed by atoms with E-state index in [4.69, 9.17) is 0 Å². The molecule has 0 bridgehead atoms. The molecule has 2 rings (SSSR count). The van der Waals surface area contributed by atoms with Crippen molar-refractivity contribution in [1.82, 2.24) is 9.97 Å². The first-order valence-electron chi connectivity index (χ1n) is 6.50. The Bertz CT molecular complexity index is 643. The number of rotatable bonds is 6. The molecule has 0 amide bonds. The van der Waals surface area contributed by atoms with Crippen molar-refractivity contribution in [2.45, 2.75) is 26.3 Å². The highest BCUT2D eigenvalue weighted by Gasteiger charge is 2.23. The van der Waals surface area contributed by atoms with E-state index in [1.807, 2.05) is 6.92 Å². The van der Waals surface area contributed by atoms with Gasteiger partial charge in [-0.2, -0.15) is 0 Å². The van der Waals surface area contributed by atoms with Gasteiger partial charge < -0.3 is 10.6 Å². The van der Waals surface area contributed by atoms with Crippen LogP contribution in [0.4, 0.5) is 17.3 Å². The van der Waals surface area contributed by atoms with Crippen LogP contribution in [0, 0.1) is 17.0 Å². The lowest BCUT2D eigenvalue weighted by Gasteiger charge is -2.14. The Morgan fingerprint density at radius 2 is 2.10 bits per heavy atom. The van der Waals surface area contributed by atoms with Crippen LogP contribution in [0.5, 0.6) is 0 Å². The normalized spacial score (nSPS) is 12.0. The lowest BCUT2D eigenvalue weighted by Crippen LogP contribution is -2.19. The summed E-state index contributed by atoms with van der Waals surface area (Å²) in [7, 11) is 1.59. The summed E-state index contributed by atoms with van der Waals surface area (Å²) in [5, 5.41) is 17.0. The van der Waals surface area contributed by atoms with Crippen molar-refractivity contribution in [3.63, 3.8) is 0 Å². The van der Waals surface area contributed by atoms with E-state index in [1.165, 1.54) is 16.1 Å². The fraction of sp³-hybridized carbons (Fsp3) is 0.385. The van der Waals surface area contributed by atoms with Crippen molar-refractivity contribution < 1.29 is 4.92 Å². The van der Waals surface area contributed by atoms with E-state index in [9.17, 15) is 10.1 Å². The third kappa shape index (κ3) is 3.66. The van der Waals surface area contributed by atoms with E-state index >= 15 is 0 Å². The number of nitro groups is 1. The topological polar surface area (TPSA) is 93.0 Å². The van der Waals surface area contributed by atoms with E-state index in [-0.39, 0.29) is 23.4 Å². The highest BCUT2D eigenvalue weighted by atomic mass is 32.1. The molecule has 7 nitrogen and oxygen atoms in total. The van der Waals surface area contributed by atoms with E-state index < -0.39 is 4.92 Å². The Kier molecular flexibility index (Phi) is 4.69. The molecule has 0 aliphatic rings. The van der Waals surface area contributed by atoms with Gasteiger partial charge in [-0.1, -0.05) is 0 Å². The number of nitrogens with zero attached hydrogens (tertiary/aromatic N) is 3. The number of hydrogen-bond donors (Lipinski definition) is 2. The molecule has 8 heteroatoms. The van der Waals surface area contributed by atoms with Crippen molar-refractivity contribution in [3.8, 4) is 0 Å². The smallest absolute Gasteiger partial charge is 0.353 e. The van der Waals surface area contributed by atoms with Crippen LogP contribution in [-0.4, -0.2) is 28.0 Å². The molecular formula is C13H17N5O2S. The molecule has 0 spiro atoms. The molecule has 2 aromatic heterocycles. The molecule has 0 fully saturated rings. The van der Waals surface area contributed by atoms with Crippen molar-refractivity contribution in [2.75, 3.05) is 17.7 Å². The highest BCUT2D eigenvalue weighted by molar-refractivity contribution is 7.11. The van der Waals surface area contributed by atoms with Crippen LogP contribution in [0.25, 0.3) is 0 Å². The molecule has 0 aliphatic heterocycles. The number of nitrogens with one attached hydrogen (secondary N) is 2. The number of aromatic nitrogens is 2. The third-order valence-electron chi connectivity index (χ3n) is 2.93. The van der Waals surface area contributed by atoms with Crippen LogP contribution in [0.3, 0.4) is 0 Å². The van der Waals surface area contributed by atoms with Crippen LogP contribution in [0.1, 0.15) is 16.7 Å². The summed E-state index contributed by atoms with van der Waals surface area (Å²) in [6, 6.07) is 4.17. The van der Waals surface area contributed by atoms with Gasteiger partial charge >= 0.3 is 5.69 Å². The van der Waals surface area contributed by atoms with Crippen LogP contribution in [-0.2, 0) is 6.42 Å². The van der Waals surface area contributed by atoms with Crippen molar-refractivity contribution in [1.29, 1.82) is 0 Å². The molecule has 0 saturated carbocycles. The molecule has 1 atom stereocenters. The Morgan fingerprint density at radius 3 is 2.67 bits per heavy atom. The summed E-state index contributed by atoms with van der Waals surface area (Å²) >= 11 is 1.73. The minimum absolute atomic E-state index is 0.0290. The highest BCUT2D eigenvalue weighted by Crippen LogP contribution is 2.29. The second-order valence-corrected chi connectivity index (χ2v) is 6.06. The van der Waals surface area contributed by atoms with Gasteiger partial charge in [-0.05, 0) is 26.0 Å². The van der Waals surface area contributed by atoms with E-state index in [2.05, 4.69) is 39.7 Å². The van der Waals surface area contributed by atoms with Gasteiger partial charge in [-0.3, -0.25) is 10.1 Å². The Morgan fingerprint density at radius 1 is 1.38 bits per heavy atom. The second-order valence-electron chi connectivity index (χ2n) is 4.69. The average molecular weight is 307 g/mol. The molecule has 21 heavy (non-hydrogen) atoms. The summed E-state index contributed by atoms with van der Waals surface area (Å²) in [6.45, 7) is 4.03. The molecule has 112 valence electrons. The Hall–Kier alpha value is -2.22. The fourth-order valence-corrected chi connectivity index (χ4v) is 3.04. The van der Waals surface area contributed by atoms with Gasteiger partial charge in [0.25, 0.3) is 0 Å². The summed E-state index contributed by atoms with van der Waals surface area (Å²) in [5.74, 6) is 0.441. The molecule has 2 N–H and O–H groups in total. The number of thiophene rings is 1. The molecular weight excluding hydrogens is 290 g/mol. The third-order valence-corrected chi connectivity index (χ3v) is 3.95. The van der Waals surface area contributed by atoms with Crippen molar-refractivity contribution in [3.05, 3.63) is 38.3 Å². The molecule has 2 aromatic rings. The first-order chi connectivity index (χ1) is 10.0. The first kappa shape index (κ1) is 15.2. The monoisotopic (exact) mass is 307 g/mol. The van der Waals surface area contributed by atoms with Gasteiger partial charge in [0.1, 0.15) is 6.33 Å². The maximum absolute atomic E-state index is 11.2. The minimum Gasteiger partial charge on any atom is -0.367 e. The Labute approximate surface area is 126 Å². The van der Waals surface area contributed by atoms with Crippen LogP contribution >= 0.6 is 11.3 Å². The standard InChI is InChI=1S/C13H17N5O2S/c1-8(6-10-5-4-9(2)21-10)17-13-11(18(19)20)12(14-3)15-7-16-13/h4-5,7-8H,6H2,1-3H3,(H2,14,15,16,17). The summed E-state index contributed by atoms with van der Waals surface area (Å²) in [6.07, 6.45) is 2.09. The lowest BCUT2D eigenvalue weighted by molar-refractivity contribution is -0.383. The van der Waals surface area contributed by atoms with E-state index in [1.54, 1.807) is 18.4 Å². The first-order valence-corrected chi connectivity index (χ1v) is 7.32. The molecule has 2 heterocycles. The van der Waals surface area contributed by atoms with Gasteiger partial charge in [-0.25, -0.2) is 9.97 Å². The molecule has 1 unspecified atom stereocenters. The predicted octanol–water partition coefficient (Wildman–Crippen LogP) is 2.84. The molecule has 0 radical (unpaired) electrons. The van der Waals surface area contributed by atoms with Crippen molar-refractivity contribution >= 4 is 28.7 Å². The fourth-order valence-electron chi connectivity index (χ4n) is 2.02. The van der Waals surface area contributed by atoms with Gasteiger partial charge in [0.2, 0.25) is 11.6 Å². The molecule has 0 aromatic carbocycles. The van der Waals surface area contributed by atoms with Crippen LogP contribution < -0.4 is 10.6 Å². The average Bonchev–Trinajstić information content (AvgIpc) is 2.83. The zero-order valence-corrected chi connectivity index (χ0v) is 12.9. The molecule has 0 saturated heterocycles. The van der Waals surface area contributed by atoms with Gasteiger partial charge in [0.05, 0.1) is 4.92 Å². The van der Waals surface area contributed by atoms with Gasteiger partial charge in [-0.15, -0.1) is 11.3 Å². The second kappa shape index (κ2) is 6.49. The van der Waals surface area contributed by atoms with Crippen LogP contribution in [0.2, 0.25) is 0 Å². The largest absolute Gasteiger partial charge is 0.367 e. The zero-order chi connectivity index (χ0) is 15.4. The number of anilines is 2. The summed E-state index contributed by atoms with van der Waals surface area (Å²) in [4.78, 5) is 21.1. The summed E-state index contributed by atoms with van der Waals surface area (Å²) in [5.41, 5.74) is -0.130. The maximum atomic E-state index is 11.2. The van der Waals surface area contributed by atoms with Crippen molar-refractivity contribution in [2.24, 2.45) is 0 Å². The predicted molar refractivity (Wildman–Crippen MR) is 84.1 cm³/mol. The number of hydrogen-bond acceptors (Lipinski definition) is 7.